The Kier molecular flexibility index (Phi) is 3.86. The number of halogens is 2. The molecule has 0 fully saturated rings. The van der Waals surface area contributed by atoms with E-state index in [1.165, 1.54) is 0 Å². The molecule has 1 aromatic heterocycles. The van der Waals surface area contributed by atoms with Gasteiger partial charge in [0.15, 0.2) is 0 Å². The monoisotopic (exact) mass is 312 g/mol. The first-order chi connectivity index (χ1) is 8.18. The van der Waals surface area contributed by atoms with E-state index in [0.717, 1.165) is 10.3 Å². The van der Waals surface area contributed by atoms with Crippen molar-refractivity contribution in [2.24, 2.45) is 0 Å². The third-order valence-corrected chi connectivity index (χ3v) is 3.29. The summed E-state index contributed by atoms with van der Waals surface area (Å²) in [6.45, 7) is 0.440. The number of phenolic OH excluding ortho intramolecular Hbond substituents is 1. The summed E-state index contributed by atoms with van der Waals surface area (Å²) in [5, 5.41) is 13.4. The lowest BCUT2D eigenvalue weighted by molar-refractivity contribution is 0.469. The molecule has 0 bridgehead atoms. The summed E-state index contributed by atoms with van der Waals surface area (Å²) < 4.78 is 0.728. The van der Waals surface area contributed by atoms with Gasteiger partial charge in [0.1, 0.15) is 10.4 Å². The number of nitrogens with one attached hydrogen (secondary N) is 1. The summed E-state index contributed by atoms with van der Waals surface area (Å²) in [6, 6.07) is 8.80. The second-order valence-corrected chi connectivity index (χ2v) is 4.59. The van der Waals surface area contributed by atoms with Gasteiger partial charge in [0.05, 0.1) is 5.69 Å². The van der Waals surface area contributed by atoms with Crippen LogP contribution in [-0.2, 0) is 6.54 Å². The Morgan fingerprint density at radius 1 is 1.29 bits per heavy atom. The van der Waals surface area contributed by atoms with Gasteiger partial charge in [-0.05, 0) is 40.2 Å². The highest BCUT2D eigenvalue weighted by atomic mass is 79.9. The van der Waals surface area contributed by atoms with Gasteiger partial charge < -0.3 is 10.4 Å². The first-order valence-electron chi connectivity index (χ1n) is 4.99. The fourth-order valence-corrected chi connectivity index (χ4v) is 2.05. The molecule has 0 amide bonds. The lowest BCUT2D eigenvalue weighted by atomic mass is 10.2. The normalized spacial score (nSPS) is 10.2. The van der Waals surface area contributed by atoms with Crippen LogP contribution in [0.1, 0.15) is 5.56 Å². The average Bonchev–Trinajstić information content (AvgIpc) is 2.30. The number of hydrogen-bond acceptors (Lipinski definition) is 3. The third-order valence-electron chi connectivity index (χ3n) is 2.31. The first kappa shape index (κ1) is 12.2. The van der Waals surface area contributed by atoms with E-state index >= 15 is 0 Å². The van der Waals surface area contributed by atoms with Crippen molar-refractivity contribution in [3.05, 3.63) is 51.7 Å². The van der Waals surface area contributed by atoms with Gasteiger partial charge in [-0.1, -0.05) is 17.7 Å². The van der Waals surface area contributed by atoms with Crippen LogP contribution in [0.5, 0.6) is 5.75 Å². The Bertz CT molecular complexity index is 513. The third kappa shape index (κ3) is 2.90. The molecular weight excluding hydrogens is 304 g/mol. The van der Waals surface area contributed by atoms with Gasteiger partial charge in [0.2, 0.25) is 0 Å². The molecule has 2 N–H and O–H groups in total. The van der Waals surface area contributed by atoms with Crippen molar-refractivity contribution in [1.29, 1.82) is 0 Å². The van der Waals surface area contributed by atoms with Crippen molar-refractivity contribution in [2.75, 3.05) is 5.32 Å². The van der Waals surface area contributed by atoms with Gasteiger partial charge in [-0.2, -0.15) is 0 Å². The van der Waals surface area contributed by atoms with Crippen LogP contribution in [0.3, 0.4) is 0 Å². The number of benzene rings is 1. The van der Waals surface area contributed by atoms with E-state index in [0.29, 0.717) is 17.1 Å². The first-order valence-corrected chi connectivity index (χ1v) is 6.16. The summed E-state index contributed by atoms with van der Waals surface area (Å²) in [5.41, 5.74) is 1.52. The molecule has 0 unspecified atom stereocenters. The van der Waals surface area contributed by atoms with Gasteiger partial charge in [-0.15, -0.1) is 0 Å². The van der Waals surface area contributed by atoms with Gasteiger partial charge in [0.25, 0.3) is 0 Å². The Morgan fingerprint density at radius 2 is 2.12 bits per heavy atom. The maximum absolute atomic E-state index is 9.69. The predicted molar refractivity (Wildman–Crippen MR) is 72.4 cm³/mol. The molecule has 17 heavy (non-hydrogen) atoms. The van der Waals surface area contributed by atoms with E-state index in [1.54, 1.807) is 24.4 Å². The number of anilines is 1. The van der Waals surface area contributed by atoms with Crippen molar-refractivity contribution >= 4 is 33.2 Å². The average molecular weight is 314 g/mol. The van der Waals surface area contributed by atoms with Gasteiger partial charge in [-0.3, -0.25) is 0 Å². The number of nitrogens with zero attached hydrogens (tertiary/aromatic N) is 1. The molecule has 0 spiro atoms. The molecule has 0 atom stereocenters. The minimum absolute atomic E-state index is 0.185. The SMILES string of the molecule is Oc1cccc(Cl)c1CNc1cccnc1Br. The Morgan fingerprint density at radius 3 is 2.82 bits per heavy atom. The van der Waals surface area contributed by atoms with E-state index in [2.05, 4.69) is 26.2 Å². The molecule has 0 radical (unpaired) electrons. The number of pyridine rings is 1. The smallest absolute Gasteiger partial charge is 0.129 e. The number of hydrogen-bond donors (Lipinski definition) is 2. The second-order valence-electron chi connectivity index (χ2n) is 3.43. The quantitative estimate of drug-likeness (QED) is 0.847. The number of aromatic nitrogens is 1. The summed E-state index contributed by atoms with van der Waals surface area (Å²) in [7, 11) is 0. The zero-order valence-corrected chi connectivity index (χ0v) is 11.2. The predicted octanol–water partition coefficient (Wildman–Crippen LogP) is 3.82. The minimum Gasteiger partial charge on any atom is -0.508 e. The van der Waals surface area contributed by atoms with Crippen molar-refractivity contribution in [1.82, 2.24) is 4.98 Å². The van der Waals surface area contributed by atoms with Crippen LogP contribution in [0.25, 0.3) is 0 Å². The topological polar surface area (TPSA) is 45.1 Å². The van der Waals surface area contributed by atoms with Crippen molar-refractivity contribution in [3.8, 4) is 5.75 Å². The molecule has 0 saturated carbocycles. The van der Waals surface area contributed by atoms with Gasteiger partial charge in [0, 0.05) is 23.3 Å². The van der Waals surface area contributed by atoms with E-state index in [1.807, 2.05) is 12.1 Å². The molecule has 3 nitrogen and oxygen atoms in total. The van der Waals surface area contributed by atoms with Crippen molar-refractivity contribution in [2.45, 2.75) is 6.54 Å². The standard InChI is InChI=1S/C12H10BrClN2O/c13-12-10(4-2-6-15-12)16-7-8-9(14)3-1-5-11(8)17/h1-6,16-17H,7H2. The van der Waals surface area contributed by atoms with Crippen LogP contribution in [0.4, 0.5) is 5.69 Å². The Labute approximate surface area is 113 Å². The van der Waals surface area contributed by atoms with Crippen molar-refractivity contribution < 1.29 is 5.11 Å². The Balaban J connectivity index is 2.16. The van der Waals surface area contributed by atoms with Gasteiger partial charge >= 0.3 is 0 Å². The zero-order valence-electron chi connectivity index (χ0n) is 8.82. The molecule has 0 aliphatic rings. The molecule has 1 aromatic carbocycles. The molecule has 88 valence electrons. The largest absolute Gasteiger partial charge is 0.508 e. The molecule has 2 rings (SSSR count). The summed E-state index contributed by atoms with van der Waals surface area (Å²) in [6.07, 6.45) is 1.70. The Hall–Kier alpha value is -1.26. The van der Waals surface area contributed by atoms with Gasteiger partial charge in [-0.25, -0.2) is 4.98 Å². The van der Waals surface area contributed by atoms with E-state index < -0.39 is 0 Å². The molecular formula is C12H10BrClN2O. The number of aromatic hydroxyl groups is 1. The highest BCUT2D eigenvalue weighted by Crippen LogP contribution is 2.27. The molecule has 1 heterocycles. The van der Waals surface area contributed by atoms with Crippen LogP contribution in [-0.4, -0.2) is 10.1 Å². The fourth-order valence-electron chi connectivity index (χ4n) is 1.42. The fraction of sp³-hybridized carbons (Fsp3) is 0.0833. The summed E-state index contributed by atoms with van der Waals surface area (Å²) in [5.74, 6) is 0.185. The van der Waals surface area contributed by atoms with Crippen molar-refractivity contribution in [3.63, 3.8) is 0 Å². The minimum atomic E-state index is 0.185. The van der Waals surface area contributed by atoms with E-state index in [9.17, 15) is 5.11 Å². The van der Waals surface area contributed by atoms with Crippen LogP contribution >= 0.6 is 27.5 Å². The highest BCUT2D eigenvalue weighted by Gasteiger charge is 2.06. The van der Waals surface area contributed by atoms with Crippen LogP contribution < -0.4 is 5.32 Å². The molecule has 2 aromatic rings. The van der Waals surface area contributed by atoms with Crippen LogP contribution in [0.2, 0.25) is 5.02 Å². The van der Waals surface area contributed by atoms with E-state index in [4.69, 9.17) is 11.6 Å². The lowest BCUT2D eigenvalue weighted by Crippen LogP contribution is -2.01. The second kappa shape index (κ2) is 5.38. The number of phenols is 1. The van der Waals surface area contributed by atoms with E-state index in [-0.39, 0.29) is 5.75 Å². The zero-order chi connectivity index (χ0) is 12.3. The maximum Gasteiger partial charge on any atom is 0.129 e. The molecule has 0 aliphatic carbocycles. The summed E-state index contributed by atoms with van der Waals surface area (Å²) in [4.78, 5) is 4.09. The highest BCUT2D eigenvalue weighted by molar-refractivity contribution is 9.10. The lowest BCUT2D eigenvalue weighted by Gasteiger charge is -2.10. The maximum atomic E-state index is 9.69. The molecule has 5 heteroatoms. The summed E-state index contributed by atoms with van der Waals surface area (Å²) >= 11 is 9.35. The molecule has 0 saturated heterocycles. The van der Waals surface area contributed by atoms with Crippen LogP contribution in [0.15, 0.2) is 41.1 Å². The van der Waals surface area contributed by atoms with Crippen LogP contribution in [0, 0.1) is 0 Å². The molecule has 0 aliphatic heterocycles. The number of rotatable bonds is 3.